The van der Waals surface area contributed by atoms with Gasteiger partial charge in [0.25, 0.3) is 0 Å². The molecule has 1 N–H and O–H groups in total. The molecule has 4 nitrogen and oxygen atoms in total. The fourth-order valence-electron chi connectivity index (χ4n) is 1.83. The fraction of sp³-hybridized carbons (Fsp3) is 0.583. The van der Waals surface area contributed by atoms with Gasteiger partial charge in [0, 0.05) is 5.56 Å². The van der Waals surface area contributed by atoms with Gasteiger partial charge in [-0.1, -0.05) is 0 Å². The van der Waals surface area contributed by atoms with E-state index in [1.54, 1.807) is 20.8 Å². The maximum atomic E-state index is 12.2. The lowest BCUT2D eigenvalue weighted by Gasteiger charge is -2.24. The van der Waals surface area contributed by atoms with Gasteiger partial charge < -0.3 is 4.42 Å². The molecule has 0 spiro atoms. The van der Waals surface area contributed by atoms with Crippen molar-refractivity contribution in [2.24, 2.45) is 0 Å². The van der Waals surface area contributed by atoms with E-state index in [1.165, 1.54) is 0 Å². The molecular weight excluding hydrogens is 206 g/mol. The van der Waals surface area contributed by atoms with Gasteiger partial charge in [0.05, 0.1) is 0 Å². The van der Waals surface area contributed by atoms with Crippen LogP contribution in [0.3, 0.4) is 0 Å². The number of furan rings is 1. The van der Waals surface area contributed by atoms with Crippen molar-refractivity contribution in [2.75, 3.05) is 13.1 Å². The average Bonchev–Trinajstić information content (AvgIpc) is 2.51. The number of carbonyl (C=O) groups excluding carboxylic acids is 1. The van der Waals surface area contributed by atoms with Crippen LogP contribution in [0.4, 0.5) is 0 Å². The zero-order chi connectivity index (χ0) is 12.5. The van der Waals surface area contributed by atoms with Gasteiger partial charge in [-0.3, -0.25) is 0 Å². The van der Waals surface area contributed by atoms with E-state index in [-0.39, 0.29) is 5.91 Å². The maximum Gasteiger partial charge on any atom is 0.381 e. The molecule has 1 amide bonds. The van der Waals surface area contributed by atoms with Crippen LogP contribution in [-0.2, 0) is 0 Å². The smallest absolute Gasteiger partial charge is 0.381 e. The van der Waals surface area contributed by atoms with Crippen LogP contribution in [0.15, 0.2) is 4.42 Å². The average molecular weight is 226 g/mol. The number of carbonyl (C=O) groups is 1. The van der Waals surface area contributed by atoms with Crippen molar-refractivity contribution in [3.8, 4) is 0 Å². The number of nitrogens with zero attached hydrogens (tertiary/aromatic N) is 1. The summed E-state index contributed by atoms with van der Waals surface area (Å²) in [6, 6.07) is 0. The largest absolute Gasteiger partial charge is 0.465 e. The Hall–Kier alpha value is -1.13. The molecule has 0 saturated heterocycles. The Kier molecular flexibility index (Phi) is 3.55. The van der Waals surface area contributed by atoms with Gasteiger partial charge in [-0.25, -0.2) is 10.0 Å². The van der Waals surface area contributed by atoms with Crippen molar-refractivity contribution in [3.63, 3.8) is 0 Å². The van der Waals surface area contributed by atoms with Crippen LogP contribution < -0.4 is 0 Å². The number of aryl methyl sites for hydroxylation is 2. The van der Waals surface area contributed by atoms with Crippen molar-refractivity contribution in [1.29, 1.82) is 0 Å². The summed E-state index contributed by atoms with van der Waals surface area (Å²) in [4.78, 5) is 12.2. The van der Waals surface area contributed by atoms with Gasteiger partial charge in [-0.2, -0.15) is 0 Å². The molecule has 4 heteroatoms. The number of hydrogen-bond acceptors (Lipinski definition) is 3. The van der Waals surface area contributed by atoms with Gasteiger partial charge in [0.2, 0.25) is 0 Å². The molecule has 1 aromatic heterocycles. The van der Waals surface area contributed by atoms with Crippen LogP contribution in [0.2, 0.25) is 0 Å². The zero-order valence-electron chi connectivity index (χ0n) is 10.6. The topological polar surface area (TPSA) is 50.4 Å². The number of quaternary nitrogens is 1. The first-order valence-corrected chi connectivity index (χ1v) is 5.58. The molecule has 90 valence electrons. The molecule has 0 aromatic carbocycles. The first kappa shape index (κ1) is 12.9. The van der Waals surface area contributed by atoms with E-state index in [1.807, 2.05) is 13.8 Å². The van der Waals surface area contributed by atoms with Gasteiger partial charge in [-0.15, -0.1) is 4.65 Å². The van der Waals surface area contributed by atoms with Gasteiger partial charge in [-0.05, 0) is 34.6 Å². The van der Waals surface area contributed by atoms with E-state index >= 15 is 0 Å². The van der Waals surface area contributed by atoms with Crippen molar-refractivity contribution >= 4 is 5.91 Å². The van der Waals surface area contributed by atoms with Crippen LogP contribution in [0.25, 0.3) is 0 Å². The molecule has 0 aliphatic carbocycles. The zero-order valence-corrected chi connectivity index (χ0v) is 10.6. The summed E-state index contributed by atoms with van der Waals surface area (Å²) in [6.45, 7) is 9.72. The predicted octanol–water partition coefficient (Wildman–Crippen LogP) is 2.59. The van der Waals surface area contributed by atoms with Gasteiger partial charge >= 0.3 is 5.91 Å². The van der Waals surface area contributed by atoms with E-state index in [9.17, 15) is 10.0 Å². The molecular formula is C12H20NO3+. The van der Waals surface area contributed by atoms with Gasteiger partial charge in [0.1, 0.15) is 30.2 Å². The van der Waals surface area contributed by atoms with Gasteiger partial charge in [0.15, 0.2) is 0 Å². The second-order valence-corrected chi connectivity index (χ2v) is 4.07. The van der Waals surface area contributed by atoms with Crippen LogP contribution in [0.1, 0.15) is 41.3 Å². The highest BCUT2D eigenvalue weighted by atomic mass is 16.6. The standard InChI is InChI=1S/C12H20NO3/c1-6-13(15,7-2)12(14)11-8(3)9(4)16-10(11)5/h15H,6-7H2,1-5H3/q+1. The summed E-state index contributed by atoms with van der Waals surface area (Å²) < 4.78 is 4.84. The molecule has 0 radical (unpaired) electrons. The predicted molar refractivity (Wildman–Crippen MR) is 60.4 cm³/mol. The summed E-state index contributed by atoms with van der Waals surface area (Å²) in [5, 5.41) is 10.2. The Morgan fingerprint density at radius 1 is 1.19 bits per heavy atom. The highest BCUT2D eigenvalue weighted by Gasteiger charge is 2.37. The highest BCUT2D eigenvalue weighted by molar-refractivity contribution is 5.91. The highest BCUT2D eigenvalue weighted by Crippen LogP contribution is 2.24. The van der Waals surface area contributed by atoms with E-state index < -0.39 is 4.65 Å². The minimum atomic E-state index is -0.569. The molecule has 0 aliphatic rings. The molecule has 1 rings (SSSR count). The third kappa shape index (κ3) is 1.90. The van der Waals surface area contributed by atoms with Crippen LogP contribution in [0, 0.1) is 20.8 Å². The van der Waals surface area contributed by atoms with Crippen LogP contribution >= 0.6 is 0 Å². The molecule has 1 aromatic rings. The van der Waals surface area contributed by atoms with Crippen LogP contribution in [0.5, 0.6) is 0 Å². The summed E-state index contributed by atoms with van der Waals surface area (Å²) in [7, 11) is 0. The van der Waals surface area contributed by atoms with Crippen molar-refractivity contribution < 1.29 is 19.1 Å². The minimum Gasteiger partial charge on any atom is -0.465 e. The van der Waals surface area contributed by atoms with E-state index in [4.69, 9.17) is 4.42 Å². The molecule has 0 atom stereocenters. The summed E-state index contributed by atoms with van der Waals surface area (Å²) >= 11 is 0. The Morgan fingerprint density at radius 3 is 2.00 bits per heavy atom. The summed E-state index contributed by atoms with van der Waals surface area (Å²) in [6.07, 6.45) is 0. The maximum absolute atomic E-state index is 12.2. The molecule has 1 heterocycles. The Morgan fingerprint density at radius 2 is 1.69 bits per heavy atom. The van der Waals surface area contributed by atoms with E-state index in [0.29, 0.717) is 24.4 Å². The summed E-state index contributed by atoms with van der Waals surface area (Å²) in [5.41, 5.74) is 1.34. The Balaban J connectivity index is 3.24. The molecule has 0 aliphatic heterocycles. The first-order chi connectivity index (χ1) is 7.37. The van der Waals surface area contributed by atoms with Crippen molar-refractivity contribution in [2.45, 2.75) is 34.6 Å². The lowest BCUT2D eigenvalue weighted by molar-refractivity contribution is -1.03. The first-order valence-electron chi connectivity index (χ1n) is 5.58. The molecule has 0 bridgehead atoms. The van der Waals surface area contributed by atoms with E-state index in [0.717, 1.165) is 11.3 Å². The Bertz CT molecular complexity index is 403. The molecule has 0 fully saturated rings. The Labute approximate surface area is 96.0 Å². The number of hydroxylamine groups is 3. The van der Waals surface area contributed by atoms with Crippen LogP contribution in [-0.4, -0.2) is 28.9 Å². The van der Waals surface area contributed by atoms with E-state index in [2.05, 4.69) is 0 Å². The second kappa shape index (κ2) is 4.39. The third-order valence-corrected chi connectivity index (χ3v) is 3.20. The van der Waals surface area contributed by atoms with Crippen molar-refractivity contribution in [3.05, 3.63) is 22.6 Å². The quantitative estimate of drug-likeness (QED) is 0.489. The van der Waals surface area contributed by atoms with Crippen molar-refractivity contribution in [1.82, 2.24) is 0 Å². The molecule has 0 saturated carbocycles. The number of hydrogen-bond donors (Lipinski definition) is 1. The molecule has 0 unspecified atom stereocenters. The number of rotatable bonds is 3. The normalized spacial score (nSPS) is 11.9. The third-order valence-electron chi connectivity index (χ3n) is 3.20. The summed E-state index contributed by atoms with van der Waals surface area (Å²) in [5.74, 6) is 1.04. The number of amides is 1. The second-order valence-electron chi connectivity index (χ2n) is 4.07. The fourth-order valence-corrected chi connectivity index (χ4v) is 1.83. The minimum absolute atomic E-state index is 0.281. The SMILES string of the molecule is CC[N+](O)(CC)C(=O)c1c(C)oc(C)c1C. The molecule has 16 heavy (non-hydrogen) atoms. The lowest BCUT2D eigenvalue weighted by atomic mass is 10.1. The monoisotopic (exact) mass is 226 g/mol. The lowest BCUT2D eigenvalue weighted by Crippen LogP contribution is -2.49.